The van der Waals surface area contributed by atoms with Crippen molar-refractivity contribution in [1.29, 1.82) is 0 Å². The molecule has 0 aliphatic carbocycles. The van der Waals surface area contributed by atoms with Gasteiger partial charge in [-0.1, -0.05) is 0 Å². The molecule has 1 spiro atoms. The molecule has 2 aliphatic rings. The summed E-state index contributed by atoms with van der Waals surface area (Å²) in [6, 6.07) is 1.98. The average Bonchev–Trinajstić information content (AvgIpc) is 3.07. The van der Waals surface area contributed by atoms with Crippen molar-refractivity contribution >= 4 is 11.6 Å². The molecule has 6 heteroatoms. The van der Waals surface area contributed by atoms with Crippen LogP contribution in [-0.2, 0) is 9.47 Å². The first kappa shape index (κ1) is 14.9. The van der Waals surface area contributed by atoms with Gasteiger partial charge in [0, 0.05) is 38.3 Å². The van der Waals surface area contributed by atoms with Crippen LogP contribution in [0.1, 0.15) is 32.1 Å². The van der Waals surface area contributed by atoms with Crippen molar-refractivity contribution < 1.29 is 9.47 Å². The maximum Gasteiger partial charge on any atom is 0.235 e. The van der Waals surface area contributed by atoms with E-state index in [9.17, 15) is 0 Å². The summed E-state index contributed by atoms with van der Waals surface area (Å²) in [5, 5.41) is 3.48. The lowest BCUT2D eigenvalue weighted by Gasteiger charge is -2.42. The first-order chi connectivity index (χ1) is 11.3. The van der Waals surface area contributed by atoms with Gasteiger partial charge in [0.05, 0.1) is 12.7 Å². The molecule has 2 aliphatic heterocycles. The van der Waals surface area contributed by atoms with E-state index in [-0.39, 0.29) is 0 Å². The molecule has 1 N–H and O–H groups in total. The minimum Gasteiger partial charge on any atom is -0.381 e. The molecule has 0 saturated carbocycles. The standard InChI is InChI=1S/C17H24N4O2/c1-4-17(5-11-22-12-6-17)13-23-14(1)2-7-18-15-3-8-19-16-20-9-10-21(15)16/h3,8-10,14,18H,1-2,4-7,11-13H2. The summed E-state index contributed by atoms with van der Waals surface area (Å²) >= 11 is 0. The summed E-state index contributed by atoms with van der Waals surface area (Å²) in [6.07, 6.45) is 11.7. The van der Waals surface area contributed by atoms with Crippen molar-refractivity contribution in [3.63, 3.8) is 0 Å². The van der Waals surface area contributed by atoms with Crippen molar-refractivity contribution in [2.24, 2.45) is 5.41 Å². The molecule has 2 fully saturated rings. The molecule has 0 bridgehead atoms. The third-order valence-corrected chi connectivity index (χ3v) is 5.25. The molecule has 0 aromatic carbocycles. The van der Waals surface area contributed by atoms with E-state index in [1.807, 2.05) is 16.7 Å². The zero-order chi connectivity index (χ0) is 15.5. The number of imidazole rings is 1. The second kappa shape index (κ2) is 6.45. The Morgan fingerprint density at radius 3 is 2.91 bits per heavy atom. The van der Waals surface area contributed by atoms with Gasteiger partial charge in [0.25, 0.3) is 0 Å². The minimum absolute atomic E-state index is 0.371. The topological polar surface area (TPSA) is 60.7 Å². The number of ether oxygens (including phenoxy) is 2. The molecule has 6 nitrogen and oxygen atoms in total. The van der Waals surface area contributed by atoms with Crippen LogP contribution < -0.4 is 5.32 Å². The molecule has 2 aromatic heterocycles. The monoisotopic (exact) mass is 316 g/mol. The van der Waals surface area contributed by atoms with Gasteiger partial charge < -0.3 is 14.8 Å². The maximum absolute atomic E-state index is 6.15. The van der Waals surface area contributed by atoms with E-state index >= 15 is 0 Å². The highest BCUT2D eigenvalue weighted by atomic mass is 16.5. The van der Waals surface area contributed by atoms with E-state index in [1.54, 1.807) is 12.4 Å². The third-order valence-electron chi connectivity index (χ3n) is 5.25. The lowest BCUT2D eigenvalue weighted by Crippen LogP contribution is -2.40. The van der Waals surface area contributed by atoms with Crippen LogP contribution in [0.2, 0.25) is 0 Å². The normalized spacial score (nSPS) is 24.1. The average molecular weight is 316 g/mol. The van der Waals surface area contributed by atoms with Gasteiger partial charge in [-0.05, 0) is 43.6 Å². The number of aromatic nitrogens is 3. The van der Waals surface area contributed by atoms with Crippen molar-refractivity contribution in [3.05, 3.63) is 24.7 Å². The predicted octanol–water partition coefficient (Wildman–Crippen LogP) is 2.51. The lowest BCUT2D eigenvalue weighted by molar-refractivity contribution is -0.105. The van der Waals surface area contributed by atoms with Crippen LogP contribution in [0.5, 0.6) is 0 Å². The van der Waals surface area contributed by atoms with Crippen LogP contribution in [0.4, 0.5) is 5.82 Å². The van der Waals surface area contributed by atoms with Crippen LogP contribution >= 0.6 is 0 Å². The first-order valence-corrected chi connectivity index (χ1v) is 8.56. The van der Waals surface area contributed by atoms with Gasteiger partial charge >= 0.3 is 0 Å². The summed E-state index contributed by atoms with van der Waals surface area (Å²) < 4.78 is 13.6. The molecule has 1 unspecified atom stereocenters. The zero-order valence-electron chi connectivity index (χ0n) is 13.4. The van der Waals surface area contributed by atoms with Gasteiger partial charge in [0.1, 0.15) is 5.82 Å². The number of hydrogen-bond donors (Lipinski definition) is 1. The van der Waals surface area contributed by atoms with Crippen LogP contribution in [0.25, 0.3) is 5.78 Å². The van der Waals surface area contributed by atoms with Gasteiger partial charge in [0.15, 0.2) is 0 Å². The molecular formula is C17H24N4O2. The zero-order valence-corrected chi connectivity index (χ0v) is 13.4. The molecule has 2 saturated heterocycles. The third kappa shape index (κ3) is 3.19. The number of rotatable bonds is 4. The van der Waals surface area contributed by atoms with Crippen molar-refractivity contribution in [3.8, 4) is 0 Å². The minimum atomic E-state index is 0.371. The van der Waals surface area contributed by atoms with E-state index in [0.717, 1.165) is 57.2 Å². The quantitative estimate of drug-likeness (QED) is 0.939. The van der Waals surface area contributed by atoms with Crippen LogP contribution in [0.3, 0.4) is 0 Å². The van der Waals surface area contributed by atoms with E-state index in [2.05, 4.69) is 15.3 Å². The second-order valence-corrected chi connectivity index (χ2v) is 6.73. The fourth-order valence-electron chi connectivity index (χ4n) is 3.68. The van der Waals surface area contributed by atoms with Gasteiger partial charge in [-0.25, -0.2) is 9.97 Å². The number of anilines is 1. The van der Waals surface area contributed by atoms with Crippen molar-refractivity contribution in [1.82, 2.24) is 14.4 Å². The number of hydrogen-bond acceptors (Lipinski definition) is 5. The Kier molecular flexibility index (Phi) is 4.18. The van der Waals surface area contributed by atoms with Gasteiger partial charge in [-0.15, -0.1) is 0 Å². The Labute approximate surface area is 136 Å². The smallest absolute Gasteiger partial charge is 0.235 e. The van der Waals surface area contributed by atoms with E-state index < -0.39 is 0 Å². The maximum atomic E-state index is 6.15. The van der Waals surface area contributed by atoms with Crippen LogP contribution in [0.15, 0.2) is 24.7 Å². The van der Waals surface area contributed by atoms with E-state index in [4.69, 9.17) is 9.47 Å². The molecule has 2 aromatic rings. The number of fused-ring (bicyclic) bond motifs is 1. The van der Waals surface area contributed by atoms with Crippen LogP contribution in [-0.4, -0.2) is 46.8 Å². The van der Waals surface area contributed by atoms with Gasteiger partial charge in [-0.3, -0.25) is 4.40 Å². The fraction of sp³-hybridized carbons (Fsp3) is 0.647. The van der Waals surface area contributed by atoms with Gasteiger partial charge in [0.2, 0.25) is 5.78 Å². The highest BCUT2D eigenvalue weighted by Crippen LogP contribution is 2.40. The molecular weight excluding hydrogens is 292 g/mol. The Morgan fingerprint density at radius 2 is 2.09 bits per heavy atom. The summed E-state index contributed by atoms with van der Waals surface area (Å²) in [6.45, 7) is 3.61. The van der Waals surface area contributed by atoms with Gasteiger partial charge in [-0.2, -0.15) is 0 Å². The van der Waals surface area contributed by atoms with Crippen molar-refractivity contribution in [2.45, 2.75) is 38.2 Å². The summed E-state index contributed by atoms with van der Waals surface area (Å²) in [5.74, 6) is 1.76. The summed E-state index contributed by atoms with van der Waals surface area (Å²) in [4.78, 5) is 8.43. The largest absolute Gasteiger partial charge is 0.381 e. The molecule has 4 rings (SSSR count). The second-order valence-electron chi connectivity index (χ2n) is 6.73. The summed E-state index contributed by atoms with van der Waals surface area (Å²) in [7, 11) is 0. The Morgan fingerprint density at radius 1 is 1.22 bits per heavy atom. The molecule has 23 heavy (non-hydrogen) atoms. The number of nitrogens with one attached hydrogen (secondary N) is 1. The van der Waals surface area contributed by atoms with Crippen LogP contribution in [0, 0.1) is 5.41 Å². The Bertz CT molecular complexity index is 641. The Hall–Kier alpha value is -1.66. The van der Waals surface area contributed by atoms with E-state index in [0.29, 0.717) is 11.5 Å². The Balaban J connectivity index is 1.27. The number of nitrogens with zero attached hydrogens (tertiary/aromatic N) is 3. The summed E-state index contributed by atoms with van der Waals surface area (Å²) in [5.41, 5.74) is 0.399. The molecule has 0 radical (unpaired) electrons. The lowest BCUT2D eigenvalue weighted by atomic mass is 9.75. The highest BCUT2D eigenvalue weighted by molar-refractivity contribution is 5.43. The van der Waals surface area contributed by atoms with Crippen molar-refractivity contribution in [2.75, 3.05) is 31.7 Å². The fourth-order valence-corrected chi connectivity index (χ4v) is 3.68. The SMILES string of the molecule is c1cc(NCCC2CCC3(CCOCC3)CO2)n2ccnc2n1. The predicted molar refractivity (Wildman–Crippen MR) is 87.6 cm³/mol. The molecule has 4 heterocycles. The first-order valence-electron chi connectivity index (χ1n) is 8.56. The molecule has 0 amide bonds. The molecule has 124 valence electrons. The highest BCUT2D eigenvalue weighted by Gasteiger charge is 2.37. The van der Waals surface area contributed by atoms with E-state index in [1.165, 1.54) is 12.8 Å². The molecule has 1 atom stereocenters.